The smallest absolute Gasteiger partial charge is 0.462 e. The second kappa shape index (κ2) is 66.3. The average molecular weight is 1170 g/mol. The van der Waals surface area contributed by atoms with Gasteiger partial charge in [0, 0.05) is 19.4 Å². The highest BCUT2D eigenvalue weighted by Gasteiger charge is 2.26. The molecule has 0 heterocycles. The molecule has 0 aromatic heterocycles. The highest BCUT2D eigenvalue weighted by atomic mass is 31.2. The highest BCUT2D eigenvalue weighted by molar-refractivity contribution is 7.47. The van der Waals surface area contributed by atoms with Crippen LogP contribution in [0.1, 0.15) is 232 Å². The van der Waals surface area contributed by atoms with Gasteiger partial charge >= 0.3 is 19.8 Å². The minimum atomic E-state index is -4.41. The van der Waals surface area contributed by atoms with Crippen LogP contribution in [0.5, 0.6) is 0 Å². The van der Waals surface area contributed by atoms with E-state index >= 15 is 0 Å². The van der Waals surface area contributed by atoms with Crippen molar-refractivity contribution in [2.75, 3.05) is 26.4 Å². The molecule has 83 heavy (non-hydrogen) atoms. The predicted molar refractivity (Wildman–Crippen MR) is 357 cm³/mol. The summed E-state index contributed by atoms with van der Waals surface area (Å²) < 4.78 is 33.1. The van der Waals surface area contributed by atoms with Crippen molar-refractivity contribution in [1.82, 2.24) is 0 Å². The van der Waals surface area contributed by atoms with E-state index in [2.05, 4.69) is 196 Å². The van der Waals surface area contributed by atoms with E-state index in [1.54, 1.807) is 0 Å². The number of phosphoric acid groups is 1. The van der Waals surface area contributed by atoms with Crippen molar-refractivity contribution in [2.24, 2.45) is 5.73 Å². The number of hydrogen-bond donors (Lipinski definition) is 2. The van der Waals surface area contributed by atoms with E-state index in [0.717, 1.165) is 154 Å². The number of nitrogens with two attached hydrogens (primary N) is 1. The van der Waals surface area contributed by atoms with Gasteiger partial charge in [0.25, 0.3) is 0 Å². The zero-order valence-corrected chi connectivity index (χ0v) is 53.0. The van der Waals surface area contributed by atoms with Gasteiger partial charge < -0.3 is 20.1 Å². The first-order valence-corrected chi connectivity index (χ1v) is 33.8. The molecule has 0 aliphatic rings. The molecule has 0 aromatic carbocycles. The molecule has 0 fully saturated rings. The third-order valence-electron chi connectivity index (χ3n) is 12.8. The van der Waals surface area contributed by atoms with Gasteiger partial charge in [-0.25, -0.2) is 4.57 Å². The minimum Gasteiger partial charge on any atom is -0.462 e. The fraction of sp³-hybridized carbons (Fsp3) is 0.562. The number of carbonyl (C=O) groups is 2. The molecule has 2 atom stereocenters. The van der Waals surface area contributed by atoms with Gasteiger partial charge in [0.05, 0.1) is 13.2 Å². The summed E-state index contributed by atoms with van der Waals surface area (Å²) in [5.41, 5.74) is 5.39. The molecule has 0 saturated carbocycles. The van der Waals surface area contributed by atoms with E-state index < -0.39 is 32.5 Å². The van der Waals surface area contributed by atoms with E-state index in [1.165, 1.54) is 38.5 Å². The zero-order valence-electron chi connectivity index (χ0n) is 52.1. The molecule has 3 N–H and O–H groups in total. The summed E-state index contributed by atoms with van der Waals surface area (Å²) in [6.07, 6.45) is 99.5. The van der Waals surface area contributed by atoms with Crippen molar-refractivity contribution in [3.8, 4) is 0 Å². The molecular weight excluding hydrogens is 1050 g/mol. The third-order valence-corrected chi connectivity index (χ3v) is 13.8. The molecule has 10 heteroatoms. The van der Waals surface area contributed by atoms with Crippen LogP contribution in [-0.2, 0) is 32.7 Å². The summed E-state index contributed by atoms with van der Waals surface area (Å²) in [5, 5.41) is 0. The Bertz CT molecular complexity index is 2010. The molecule has 0 bridgehead atoms. The number of esters is 2. The van der Waals surface area contributed by atoms with Gasteiger partial charge in [-0.1, -0.05) is 267 Å². The highest BCUT2D eigenvalue weighted by Crippen LogP contribution is 2.43. The Kier molecular flexibility index (Phi) is 62.3. The second-order valence-electron chi connectivity index (χ2n) is 20.5. The van der Waals surface area contributed by atoms with E-state index in [1.807, 2.05) is 0 Å². The van der Waals surface area contributed by atoms with Crippen LogP contribution >= 0.6 is 7.82 Å². The molecule has 0 aromatic rings. The number of allylic oxidation sites excluding steroid dienone is 30. The number of unbranched alkanes of at least 4 members (excludes halogenated alkanes) is 15. The second-order valence-corrected chi connectivity index (χ2v) is 22.0. The van der Waals surface area contributed by atoms with E-state index in [4.69, 9.17) is 24.3 Å². The van der Waals surface area contributed by atoms with E-state index in [-0.39, 0.29) is 32.6 Å². The van der Waals surface area contributed by atoms with Gasteiger partial charge in [-0.2, -0.15) is 0 Å². The Hall–Kier alpha value is -4.89. The van der Waals surface area contributed by atoms with Crippen molar-refractivity contribution in [2.45, 2.75) is 238 Å². The van der Waals surface area contributed by atoms with E-state index in [9.17, 15) is 19.0 Å². The van der Waals surface area contributed by atoms with Gasteiger partial charge in [-0.05, 0) is 135 Å². The van der Waals surface area contributed by atoms with Crippen LogP contribution < -0.4 is 5.73 Å². The maximum Gasteiger partial charge on any atom is 0.472 e. The zero-order chi connectivity index (χ0) is 60.1. The van der Waals surface area contributed by atoms with Crippen molar-refractivity contribution < 1.29 is 37.6 Å². The lowest BCUT2D eigenvalue weighted by molar-refractivity contribution is -0.161. The summed E-state index contributed by atoms with van der Waals surface area (Å²) >= 11 is 0. The molecular formula is C73H116NO8P. The fourth-order valence-electron chi connectivity index (χ4n) is 8.10. The minimum absolute atomic E-state index is 0.0395. The van der Waals surface area contributed by atoms with Gasteiger partial charge in [0.15, 0.2) is 6.10 Å². The molecule has 0 saturated heterocycles. The topological polar surface area (TPSA) is 134 Å². The van der Waals surface area contributed by atoms with Crippen LogP contribution in [0.3, 0.4) is 0 Å². The SMILES string of the molecule is CC/C=C\C/C=C\C/C=C\C/C=C\C/C=C\C/C=C\C/C=C\C/C=C\C/C=C\C/C=C\C/C=C\CCCCCCCC(=O)OC(COC(=O)CCCCCCCCCCCC/C=C\C/C=C\C/C=C\C/C=C\CC)COP(=O)(O)OCCN. The Morgan fingerprint density at radius 2 is 0.627 bits per heavy atom. The van der Waals surface area contributed by atoms with Crippen LogP contribution in [0.2, 0.25) is 0 Å². The molecule has 0 aliphatic carbocycles. The molecule has 0 amide bonds. The molecule has 0 rings (SSSR count). The maximum absolute atomic E-state index is 12.7. The van der Waals surface area contributed by atoms with Gasteiger partial charge in [-0.15, -0.1) is 0 Å². The van der Waals surface area contributed by atoms with Crippen molar-refractivity contribution >= 4 is 19.8 Å². The maximum atomic E-state index is 12.7. The lowest BCUT2D eigenvalue weighted by Crippen LogP contribution is -2.29. The van der Waals surface area contributed by atoms with Gasteiger partial charge in [0.1, 0.15) is 6.61 Å². The molecule has 9 nitrogen and oxygen atoms in total. The summed E-state index contributed by atoms with van der Waals surface area (Å²) in [4.78, 5) is 35.3. The molecule has 0 aliphatic heterocycles. The first-order chi connectivity index (χ1) is 40.8. The Morgan fingerprint density at radius 1 is 0.361 bits per heavy atom. The number of hydrogen-bond acceptors (Lipinski definition) is 8. The van der Waals surface area contributed by atoms with Crippen molar-refractivity contribution in [1.29, 1.82) is 0 Å². The van der Waals surface area contributed by atoms with Crippen LogP contribution in [0.25, 0.3) is 0 Å². The van der Waals surface area contributed by atoms with Gasteiger partial charge in [-0.3, -0.25) is 18.6 Å². The molecule has 0 radical (unpaired) electrons. The number of carbonyl (C=O) groups excluding carboxylic acids is 2. The number of rotatable bonds is 58. The van der Waals surface area contributed by atoms with Crippen LogP contribution in [0, 0.1) is 0 Å². The van der Waals surface area contributed by atoms with Crippen molar-refractivity contribution in [3.05, 3.63) is 182 Å². The molecule has 466 valence electrons. The Balaban J connectivity index is 4.06. The fourth-order valence-corrected chi connectivity index (χ4v) is 8.87. The van der Waals surface area contributed by atoms with Crippen LogP contribution in [-0.4, -0.2) is 49.3 Å². The monoisotopic (exact) mass is 1170 g/mol. The standard InChI is InChI=1S/C73H116NO8P/c1-3-5-7-9-11-13-15-17-19-21-23-25-27-28-29-30-31-32-33-34-35-36-37-38-39-40-41-42-44-46-48-50-52-54-56-58-60-62-64-66-73(76)82-71(70-81-83(77,78)80-68-67-74)69-79-72(75)65-63-61-59-57-55-53-51-49-47-45-43-26-24-22-20-18-16-14-12-10-8-6-4-2/h5-8,11-14,17-20,23-26,28-29,31-32,34-35,37-38,40-41,44,46,50,52,71H,3-4,9-10,15-16,21-22,27,30,33,36,39,42-43,45,47-49,51,53-70,74H2,1-2H3,(H,77,78)/b7-5-,8-6-,13-11-,14-12-,19-17-,20-18-,25-23-,26-24-,29-28-,32-31-,35-34-,38-37-,41-40-,46-44-,52-50-. The summed E-state index contributed by atoms with van der Waals surface area (Å²) in [6, 6.07) is 0. The lowest BCUT2D eigenvalue weighted by Gasteiger charge is -2.19. The van der Waals surface area contributed by atoms with Crippen LogP contribution in [0.4, 0.5) is 0 Å². The number of phosphoric ester groups is 1. The largest absolute Gasteiger partial charge is 0.472 e. The normalized spacial score (nSPS) is 14.2. The summed E-state index contributed by atoms with van der Waals surface area (Å²) in [6.45, 7) is 3.47. The lowest BCUT2D eigenvalue weighted by atomic mass is 10.1. The quantitative estimate of drug-likeness (QED) is 0.0264. The summed E-state index contributed by atoms with van der Waals surface area (Å²) in [5.74, 6) is -0.868. The number of ether oxygens (including phenoxy) is 2. The third kappa shape index (κ3) is 66.1. The Labute approximate surface area is 507 Å². The first-order valence-electron chi connectivity index (χ1n) is 32.3. The van der Waals surface area contributed by atoms with Gasteiger partial charge in [0.2, 0.25) is 0 Å². The Morgan fingerprint density at radius 3 is 0.928 bits per heavy atom. The first kappa shape index (κ1) is 78.1. The predicted octanol–water partition coefficient (Wildman–Crippen LogP) is 21.2. The summed E-state index contributed by atoms with van der Waals surface area (Å²) in [7, 11) is -4.41. The molecule has 0 spiro atoms. The van der Waals surface area contributed by atoms with Crippen molar-refractivity contribution in [3.63, 3.8) is 0 Å². The van der Waals surface area contributed by atoms with E-state index in [0.29, 0.717) is 12.8 Å². The average Bonchev–Trinajstić information content (AvgIpc) is 3.48. The molecule has 2 unspecified atom stereocenters. The van der Waals surface area contributed by atoms with Crippen LogP contribution in [0.15, 0.2) is 182 Å².